The predicted octanol–water partition coefficient (Wildman–Crippen LogP) is 2.46. The second-order valence-electron chi connectivity index (χ2n) is 0.935. The van der Waals surface area contributed by atoms with Crippen LogP contribution in [0, 0.1) is 0 Å². The normalized spacial score (nSPS) is 8.33. The van der Waals surface area contributed by atoms with Gasteiger partial charge in [-0.05, 0) is 6.92 Å². The van der Waals surface area contributed by atoms with Crippen molar-refractivity contribution in [3.63, 3.8) is 0 Å². The molecule has 0 rings (SSSR count). The van der Waals surface area contributed by atoms with E-state index in [9.17, 15) is 0 Å². The highest BCUT2D eigenvalue weighted by molar-refractivity contribution is 6.27. The van der Waals surface area contributed by atoms with Crippen LogP contribution >= 0.6 is 23.2 Å². The van der Waals surface area contributed by atoms with E-state index >= 15 is 0 Å². The minimum Gasteiger partial charge on any atom is -0.269 e. The second kappa shape index (κ2) is 23.9. The van der Waals surface area contributed by atoms with Crippen molar-refractivity contribution in [3.8, 4) is 0 Å². The van der Waals surface area contributed by atoms with Crippen molar-refractivity contribution in [1.29, 1.82) is 0 Å². The predicted molar refractivity (Wildman–Crippen MR) is 36.0 cm³/mol. The van der Waals surface area contributed by atoms with Crippen molar-refractivity contribution < 1.29 is 18.8 Å². The van der Waals surface area contributed by atoms with Gasteiger partial charge in [-0.25, -0.2) is 0 Å². The molecule has 0 N–H and O–H groups in total. The molecule has 0 heterocycles. The number of alkyl halides is 2. The first kappa shape index (κ1) is 34.6. The highest BCUT2D eigenvalue weighted by Gasteiger charge is 1.85. The zero-order chi connectivity index (χ0) is 4.28. The molecule has 0 spiro atoms. The quantitative estimate of drug-likeness (QED) is 0.443. The first-order valence-electron chi connectivity index (χ1n) is 1.47. The van der Waals surface area contributed by atoms with Crippen LogP contribution in [0.25, 0.3) is 0 Å². The molecule has 1 atom stereocenters. The van der Waals surface area contributed by atoms with E-state index in [-0.39, 0.29) is 24.2 Å². The van der Waals surface area contributed by atoms with Crippen LogP contribution in [0.5, 0.6) is 0 Å². The summed E-state index contributed by atoms with van der Waals surface area (Å²) in [7, 11) is 0. The lowest BCUT2D eigenvalue weighted by Gasteiger charge is -1.85. The summed E-state index contributed by atoms with van der Waals surface area (Å²) in [5.74, 6) is 0.543. The summed E-state index contributed by atoms with van der Waals surface area (Å²) >= 11 is 10.5. The van der Waals surface area contributed by atoms with E-state index in [0.29, 0.717) is 5.88 Å². The molecule has 0 aliphatic rings. The van der Waals surface area contributed by atoms with Crippen LogP contribution in [0.15, 0.2) is 0 Å². The Balaban J connectivity index is -0.0000000133. The summed E-state index contributed by atoms with van der Waals surface area (Å²) in [4.78, 5) is 0. The zero-order valence-corrected chi connectivity index (χ0v) is 6.19. The van der Waals surface area contributed by atoms with Gasteiger partial charge in [0.15, 0.2) is 0 Å². The molecular formula is C3H10Cl2F4. The summed E-state index contributed by atoms with van der Waals surface area (Å²) in [6.45, 7) is 1.86. The zero-order valence-electron chi connectivity index (χ0n) is 4.67. The molecular weight excluding hydrogens is 183 g/mol. The lowest BCUT2D eigenvalue weighted by atomic mass is 10.6. The van der Waals surface area contributed by atoms with Gasteiger partial charge in [0.05, 0.1) is 0 Å². The number of hydrogen-bond acceptors (Lipinski definition) is 0. The van der Waals surface area contributed by atoms with E-state index < -0.39 is 0 Å². The van der Waals surface area contributed by atoms with Gasteiger partial charge < -0.3 is 0 Å². The molecule has 6 heteroatoms. The first-order valence-corrected chi connectivity index (χ1v) is 2.44. The van der Waals surface area contributed by atoms with Gasteiger partial charge in [0.2, 0.25) is 0 Å². The highest BCUT2D eigenvalue weighted by atomic mass is 35.5. The van der Waals surface area contributed by atoms with Gasteiger partial charge in [-0.3, -0.25) is 18.8 Å². The van der Waals surface area contributed by atoms with Crippen LogP contribution in [0.2, 0.25) is 0 Å². The van der Waals surface area contributed by atoms with Crippen molar-refractivity contribution in [3.05, 3.63) is 0 Å². The Morgan fingerprint density at radius 2 is 1.22 bits per heavy atom. The Hall–Kier alpha value is 0.300. The van der Waals surface area contributed by atoms with E-state index in [1.54, 1.807) is 0 Å². The number of rotatable bonds is 1. The van der Waals surface area contributed by atoms with Gasteiger partial charge in [-0.1, -0.05) is 0 Å². The van der Waals surface area contributed by atoms with Gasteiger partial charge in [0, 0.05) is 11.3 Å². The molecule has 0 nitrogen and oxygen atoms in total. The monoisotopic (exact) mass is 192 g/mol. The van der Waals surface area contributed by atoms with Crippen LogP contribution < -0.4 is 0 Å². The molecule has 0 saturated heterocycles. The van der Waals surface area contributed by atoms with Crippen LogP contribution in [0.3, 0.4) is 0 Å². The average Bonchev–Trinajstić information content (AvgIpc) is 1.38. The molecule has 1 unspecified atom stereocenters. The average molecular weight is 193 g/mol. The molecule has 9 heavy (non-hydrogen) atoms. The van der Waals surface area contributed by atoms with Crippen molar-refractivity contribution in [1.82, 2.24) is 0 Å². The van der Waals surface area contributed by atoms with Crippen molar-refractivity contribution >= 4 is 23.2 Å². The molecule has 0 aromatic heterocycles. The SMILES string of the molecule is CC(Cl)CCl.F.F.F.F. The Morgan fingerprint density at radius 1 is 1.11 bits per heavy atom. The van der Waals surface area contributed by atoms with Gasteiger partial charge in [0.1, 0.15) is 0 Å². The van der Waals surface area contributed by atoms with E-state index in [1.807, 2.05) is 6.92 Å². The lowest BCUT2D eigenvalue weighted by molar-refractivity contribution is 1.11. The number of hydrogen-bond donors (Lipinski definition) is 0. The fraction of sp³-hybridized carbons (Fsp3) is 1.00. The Kier molecular flexibility index (Phi) is 92.1. The maximum atomic E-state index is 5.33. The minimum atomic E-state index is 0. The molecule has 0 amide bonds. The third-order valence-corrected chi connectivity index (χ3v) is 0.988. The summed E-state index contributed by atoms with van der Waals surface area (Å²) < 4.78 is 0. The molecule has 0 bridgehead atoms. The van der Waals surface area contributed by atoms with E-state index in [2.05, 4.69) is 0 Å². The van der Waals surface area contributed by atoms with Crippen LogP contribution in [-0.4, -0.2) is 11.3 Å². The summed E-state index contributed by atoms with van der Waals surface area (Å²) in [5, 5.41) is 0.122. The third-order valence-electron chi connectivity index (χ3n) is 0.213. The summed E-state index contributed by atoms with van der Waals surface area (Å²) in [5.41, 5.74) is 0. The van der Waals surface area contributed by atoms with Gasteiger partial charge in [-0.15, -0.1) is 23.2 Å². The van der Waals surface area contributed by atoms with Crippen molar-refractivity contribution in [2.45, 2.75) is 12.3 Å². The van der Waals surface area contributed by atoms with Crippen molar-refractivity contribution in [2.75, 3.05) is 5.88 Å². The third kappa shape index (κ3) is 62.3. The fourth-order valence-electron chi connectivity index (χ4n) is 0. The van der Waals surface area contributed by atoms with Gasteiger partial charge in [-0.2, -0.15) is 0 Å². The number of halogens is 6. The molecule has 0 radical (unpaired) electrons. The highest BCUT2D eigenvalue weighted by Crippen LogP contribution is 1.93. The lowest BCUT2D eigenvalue weighted by Crippen LogP contribution is -1.87. The first-order chi connectivity index (χ1) is 2.27. The standard InChI is InChI=1S/C3H6Cl2.4FH/c1-3(5)2-4;;;;/h3H,2H2,1H3;4*1H. The Labute approximate surface area is 61.0 Å². The maximum Gasteiger partial charge on any atom is 0.0443 e. The Morgan fingerprint density at radius 3 is 1.22 bits per heavy atom. The van der Waals surface area contributed by atoms with E-state index in [4.69, 9.17) is 23.2 Å². The maximum absolute atomic E-state index is 5.33. The topological polar surface area (TPSA) is 0 Å². The van der Waals surface area contributed by atoms with Crippen molar-refractivity contribution in [2.24, 2.45) is 0 Å². The largest absolute Gasteiger partial charge is 0.269 e. The van der Waals surface area contributed by atoms with Crippen LogP contribution in [-0.2, 0) is 0 Å². The molecule has 0 fully saturated rings. The summed E-state index contributed by atoms with van der Waals surface area (Å²) in [6.07, 6.45) is 0. The molecule has 0 aliphatic carbocycles. The van der Waals surface area contributed by atoms with Gasteiger partial charge >= 0.3 is 0 Å². The van der Waals surface area contributed by atoms with E-state index in [0.717, 1.165) is 0 Å². The molecule has 0 saturated carbocycles. The Bertz CT molecular complexity index is 27.8. The molecule has 0 aromatic carbocycles. The molecule has 64 valence electrons. The van der Waals surface area contributed by atoms with Crippen LogP contribution in [0.1, 0.15) is 6.92 Å². The van der Waals surface area contributed by atoms with Gasteiger partial charge in [0.25, 0.3) is 0 Å². The summed E-state index contributed by atoms with van der Waals surface area (Å²) in [6, 6.07) is 0. The van der Waals surface area contributed by atoms with Crippen LogP contribution in [0.4, 0.5) is 18.8 Å². The molecule has 0 aromatic rings. The minimum absolute atomic E-state index is 0. The second-order valence-corrected chi connectivity index (χ2v) is 1.99. The smallest absolute Gasteiger partial charge is 0.0443 e. The fourth-order valence-corrected chi connectivity index (χ4v) is 0. The molecule has 0 aliphatic heterocycles. The van der Waals surface area contributed by atoms with E-state index in [1.165, 1.54) is 0 Å².